The van der Waals surface area contributed by atoms with Crippen LogP contribution in [-0.2, 0) is 0 Å². The maximum Gasteiger partial charge on any atom is 0.404 e. The van der Waals surface area contributed by atoms with E-state index in [1.165, 1.54) is 18.6 Å². The first-order chi connectivity index (χ1) is 13.0. The first kappa shape index (κ1) is 20.2. The predicted octanol–water partition coefficient (Wildman–Crippen LogP) is 4.54. The van der Waals surface area contributed by atoms with Crippen LogP contribution in [0, 0.1) is 11.7 Å². The third-order valence-electron chi connectivity index (χ3n) is 5.75. The molecule has 1 saturated carbocycles. The van der Waals surface area contributed by atoms with E-state index in [1.807, 2.05) is 0 Å². The molecule has 1 aromatic rings. The van der Waals surface area contributed by atoms with Gasteiger partial charge in [0.2, 0.25) is 0 Å². The fraction of sp³-hybridized carbons (Fsp3) is 0.650. The second-order valence-electron chi connectivity index (χ2n) is 7.69. The molecule has 0 bridgehead atoms. The first-order valence-corrected chi connectivity index (χ1v) is 10.2. The lowest BCUT2D eigenvalue weighted by Gasteiger charge is -2.34. The van der Waals surface area contributed by atoms with Crippen molar-refractivity contribution >= 4 is 17.7 Å². The molecule has 2 N–H and O–H groups in total. The maximum atomic E-state index is 13.1. The first-order valence-electron chi connectivity index (χ1n) is 9.83. The third kappa shape index (κ3) is 6.25. The van der Waals surface area contributed by atoms with Crippen LogP contribution in [0.1, 0.15) is 44.9 Å². The minimum atomic E-state index is -0.912. The fourth-order valence-electron chi connectivity index (χ4n) is 4.14. The Hall–Kier alpha value is -1.53. The standard InChI is InChI=1S/C20H28ClFN2O3/c21-18-13-15(22)3-6-19(18)27-17-8-11-24(12-9-17)10-7-14-1-4-16(5-2-14)23-20(25)26/h3,6,13-14,16-17,23H,1-2,4-5,7-12H2,(H,25,26). The molecule has 3 rings (SSSR count). The lowest BCUT2D eigenvalue weighted by atomic mass is 9.84. The molecule has 0 spiro atoms. The highest BCUT2D eigenvalue weighted by Gasteiger charge is 2.25. The van der Waals surface area contributed by atoms with Gasteiger partial charge in [0.05, 0.1) is 5.02 Å². The van der Waals surface area contributed by atoms with Crippen LogP contribution in [0.4, 0.5) is 9.18 Å². The quantitative estimate of drug-likeness (QED) is 0.738. The third-order valence-corrected chi connectivity index (χ3v) is 6.05. The van der Waals surface area contributed by atoms with Crippen LogP contribution in [0.2, 0.25) is 5.02 Å². The van der Waals surface area contributed by atoms with Crippen molar-refractivity contribution in [1.29, 1.82) is 0 Å². The van der Waals surface area contributed by atoms with E-state index in [-0.39, 0.29) is 18.0 Å². The van der Waals surface area contributed by atoms with Gasteiger partial charge in [0.1, 0.15) is 17.7 Å². The maximum absolute atomic E-state index is 13.1. The predicted molar refractivity (Wildman–Crippen MR) is 103 cm³/mol. The number of likely N-dealkylation sites (tertiary alicyclic amines) is 1. The average molecular weight is 399 g/mol. The van der Waals surface area contributed by atoms with Crippen molar-refractivity contribution < 1.29 is 19.0 Å². The molecule has 1 aliphatic carbocycles. The summed E-state index contributed by atoms with van der Waals surface area (Å²) in [6, 6.07) is 4.38. The molecule has 0 radical (unpaired) electrons. The molecule has 27 heavy (non-hydrogen) atoms. The molecule has 2 fully saturated rings. The van der Waals surface area contributed by atoms with Crippen LogP contribution in [0.3, 0.4) is 0 Å². The Kier molecular flexibility index (Phi) is 7.19. The van der Waals surface area contributed by atoms with Gasteiger partial charge >= 0.3 is 6.09 Å². The number of halogens is 2. The Morgan fingerprint density at radius 1 is 1.22 bits per heavy atom. The van der Waals surface area contributed by atoms with Crippen molar-refractivity contribution in [2.24, 2.45) is 5.92 Å². The second-order valence-corrected chi connectivity index (χ2v) is 8.10. The number of carboxylic acid groups (broad SMARTS) is 1. The van der Waals surface area contributed by atoms with Crippen molar-refractivity contribution in [1.82, 2.24) is 10.2 Å². The number of hydrogen-bond donors (Lipinski definition) is 2. The highest BCUT2D eigenvalue weighted by atomic mass is 35.5. The summed E-state index contributed by atoms with van der Waals surface area (Å²) in [7, 11) is 0. The van der Waals surface area contributed by atoms with Gasteiger partial charge in [0, 0.05) is 19.1 Å². The molecule has 1 amide bonds. The van der Waals surface area contributed by atoms with E-state index in [1.54, 1.807) is 6.07 Å². The van der Waals surface area contributed by atoms with Gasteiger partial charge in [-0.3, -0.25) is 0 Å². The molecule has 2 aliphatic rings. The summed E-state index contributed by atoms with van der Waals surface area (Å²) in [5.74, 6) is 0.905. The summed E-state index contributed by atoms with van der Waals surface area (Å²) in [5, 5.41) is 11.7. The van der Waals surface area contributed by atoms with Gasteiger partial charge < -0.3 is 20.1 Å². The molecule has 0 aromatic heterocycles. The average Bonchev–Trinajstić information content (AvgIpc) is 2.64. The zero-order valence-corrected chi connectivity index (χ0v) is 16.3. The number of nitrogens with zero attached hydrogens (tertiary/aromatic N) is 1. The fourth-order valence-corrected chi connectivity index (χ4v) is 4.35. The van der Waals surface area contributed by atoms with Crippen molar-refractivity contribution in [3.63, 3.8) is 0 Å². The van der Waals surface area contributed by atoms with E-state index in [0.717, 1.165) is 58.2 Å². The van der Waals surface area contributed by atoms with E-state index in [2.05, 4.69) is 10.2 Å². The zero-order valence-electron chi connectivity index (χ0n) is 15.5. The van der Waals surface area contributed by atoms with E-state index in [9.17, 15) is 9.18 Å². The van der Waals surface area contributed by atoms with Crippen molar-refractivity contribution in [2.75, 3.05) is 19.6 Å². The zero-order chi connectivity index (χ0) is 19.2. The van der Waals surface area contributed by atoms with Gasteiger partial charge in [-0.15, -0.1) is 0 Å². The summed E-state index contributed by atoms with van der Waals surface area (Å²) in [6.07, 6.45) is 6.39. The van der Waals surface area contributed by atoms with Gasteiger partial charge in [0.15, 0.2) is 0 Å². The summed E-state index contributed by atoms with van der Waals surface area (Å²) in [6.45, 7) is 3.09. The number of nitrogens with one attached hydrogen (secondary N) is 1. The highest BCUT2D eigenvalue weighted by molar-refractivity contribution is 6.32. The molecule has 1 aromatic carbocycles. The van der Waals surface area contributed by atoms with Crippen LogP contribution in [0.15, 0.2) is 18.2 Å². The van der Waals surface area contributed by atoms with E-state index >= 15 is 0 Å². The minimum absolute atomic E-state index is 0.127. The highest BCUT2D eigenvalue weighted by Crippen LogP contribution is 2.29. The number of hydrogen-bond acceptors (Lipinski definition) is 3. The van der Waals surface area contributed by atoms with Crippen LogP contribution < -0.4 is 10.1 Å². The Balaban J connectivity index is 1.33. The molecule has 5 nitrogen and oxygen atoms in total. The van der Waals surface area contributed by atoms with Crippen molar-refractivity contribution in [2.45, 2.75) is 57.1 Å². The number of rotatable bonds is 6. The summed E-state index contributed by atoms with van der Waals surface area (Å²) >= 11 is 6.04. The molecular weight excluding hydrogens is 371 g/mol. The SMILES string of the molecule is O=C(O)NC1CCC(CCN2CCC(Oc3ccc(F)cc3Cl)CC2)CC1. The number of ether oxygens (including phenoxy) is 1. The van der Waals surface area contributed by atoms with Gasteiger partial charge in [-0.05, 0) is 75.6 Å². The van der Waals surface area contributed by atoms with E-state index in [0.29, 0.717) is 16.7 Å². The van der Waals surface area contributed by atoms with Crippen molar-refractivity contribution in [3.05, 3.63) is 29.0 Å². The van der Waals surface area contributed by atoms with Crippen LogP contribution in [-0.4, -0.2) is 47.9 Å². The molecule has 1 saturated heterocycles. The Morgan fingerprint density at radius 2 is 1.93 bits per heavy atom. The number of amides is 1. The van der Waals surface area contributed by atoms with E-state index in [4.69, 9.17) is 21.4 Å². The van der Waals surface area contributed by atoms with Gasteiger partial charge in [-0.2, -0.15) is 0 Å². The van der Waals surface area contributed by atoms with Gasteiger partial charge in [-0.1, -0.05) is 11.6 Å². The monoisotopic (exact) mass is 398 g/mol. The summed E-state index contributed by atoms with van der Waals surface area (Å²) in [4.78, 5) is 13.2. The minimum Gasteiger partial charge on any atom is -0.489 e. The summed E-state index contributed by atoms with van der Waals surface area (Å²) < 4.78 is 19.1. The molecule has 7 heteroatoms. The molecule has 1 aliphatic heterocycles. The van der Waals surface area contributed by atoms with Crippen LogP contribution in [0.25, 0.3) is 0 Å². The topological polar surface area (TPSA) is 61.8 Å². The second kappa shape index (κ2) is 9.60. The molecule has 1 heterocycles. The van der Waals surface area contributed by atoms with Gasteiger partial charge in [-0.25, -0.2) is 9.18 Å². The normalized spacial score (nSPS) is 24.5. The number of benzene rings is 1. The van der Waals surface area contributed by atoms with Crippen molar-refractivity contribution in [3.8, 4) is 5.75 Å². The summed E-state index contributed by atoms with van der Waals surface area (Å²) in [5.41, 5.74) is 0. The molecular formula is C20H28ClFN2O3. The Morgan fingerprint density at radius 3 is 2.56 bits per heavy atom. The Labute approximate surface area is 164 Å². The lowest BCUT2D eigenvalue weighted by molar-refractivity contribution is 0.0949. The molecule has 0 atom stereocenters. The molecule has 150 valence electrons. The van der Waals surface area contributed by atoms with Gasteiger partial charge in [0.25, 0.3) is 0 Å². The lowest BCUT2D eigenvalue weighted by Crippen LogP contribution is -2.40. The van der Waals surface area contributed by atoms with Crippen LogP contribution >= 0.6 is 11.6 Å². The largest absolute Gasteiger partial charge is 0.489 e. The van der Waals surface area contributed by atoms with Crippen LogP contribution in [0.5, 0.6) is 5.75 Å². The number of carbonyl (C=O) groups is 1. The Bertz CT molecular complexity index is 630. The number of piperidine rings is 1. The smallest absolute Gasteiger partial charge is 0.404 e. The van der Waals surface area contributed by atoms with E-state index < -0.39 is 6.09 Å². The molecule has 0 unspecified atom stereocenters.